The normalized spacial score (nSPS) is 18.9. The Morgan fingerprint density at radius 2 is 1.95 bits per heavy atom. The first-order valence-corrected chi connectivity index (χ1v) is 6.45. The molecule has 1 aliphatic carbocycles. The number of carbonyl (C=O) groups is 2. The van der Waals surface area contributed by atoms with E-state index < -0.39 is 23.6 Å². The predicted molar refractivity (Wildman–Crippen MR) is 67.7 cm³/mol. The molecule has 7 nitrogen and oxygen atoms in total. The van der Waals surface area contributed by atoms with E-state index in [0.717, 1.165) is 12.8 Å². The standard InChI is InChI=1S/C12H22N2O5/c1-14(8-12(19)5-2-3-6-12)11(18)13-9(4-7-15)10(16)17/h9,15,19H,2-8H2,1H3,(H,13,18)(H,16,17)/t9-/m0/s1. The highest BCUT2D eigenvalue weighted by atomic mass is 16.4. The zero-order valence-corrected chi connectivity index (χ0v) is 11.1. The second kappa shape index (κ2) is 6.72. The molecular formula is C12H22N2O5. The van der Waals surface area contributed by atoms with E-state index >= 15 is 0 Å². The number of aliphatic hydroxyl groups excluding tert-OH is 1. The highest BCUT2D eigenvalue weighted by molar-refractivity contribution is 5.82. The van der Waals surface area contributed by atoms with Gasteiger partial charge in [-0.15, -0.1) is 0 Å². The summed E-state index contributed by atoms with van der Waals surface area (Å²) in [5, 5.41) is 30.1. The van der Waals surface area contributed by atoms with Crippen LogP contribution in [0.2, 0.25) is 0 Å². The molecule has 0 radical (unpaired) electrons. The number of hydrogen-bond donors (Lipinski definition) is 4. The molecule has 0 spiro atoms. The predicted octanol–water partition coefficient (Wildman–Crippen LogP) is -0.231. The lowest BCUT2D eigenvalue weighted by Gasteiger charge is -2.29. The van der Waals surface area contributed by atoms with E-state index in [4.69, 9.17) is 10.2 Å². The number of urea groups is 1. The molecule has 1 rings (SSSR count). The summed E-state index contributed by atoms with van der Waals surface area (Å²) in [6, 6.07) is -1.67. The number of aliphatic carboxylic acids is 1. The van der Waals surface area contributed by atoms with Crippen molar-refractivity contribution in [3.05, 3.63) is 0 Å². The Kier molecular flexibility index (Phi) is 5.56. The van der Waals surface area contributed by atoms with Crippen molar-refractivity contribution >= 4 is 12.0 Å². The van der Waals surface area contributed by atoms with Crippen LogP contribution in [-0.4, -0.2) is 64.1 Å². The Bertz CT molecular complexity index is 328. The zero-order valence-electron chi connectivity index (χ0n) is 11.1. The molecule has 0 aliphatic heterocycles. The molecule has 0 heterocycles. The quantitative estimate of drug-likeness (QED) is 0.535. The zero-order chi connectivity index (χ0) is 14.5. The summed E-state index contributed by atoms with van der Waals surface area (Å²) in [5.74, 6) is -1.18. The van der Waals surface area contributed by atoms with Crippen LogP contribution in [0.1, 0.15) is 32.1 Å². The van der Waals surface area contributed by atoms with Gasteiger partial charge in [-0.2, -0.15) is 0 Å². The number of hydrogen-bond acceptors (Lipinski definition) is 4. The van der Waals surface area contributed by atoms with E-state index in [9.17, 15) is 14.7 Å². The minimum Gasteiger partial charge on any atom is -0.480 e. The van der Waals surface area contributed by atoms with E-state index in [2.05, 4.69) is 5.32 Å². The fourth-order valence-electron chi connectivity index (χ4n) is 2.35. The minimum atomic E-state index is -1.18. The highest BCUT2D eigenvalue weighted by Gasteiger charge is 2.34. The van der Waals surface area contributed by atoms with Crippen molar-refractivity contribution in [1.82, 2.24) is 10.2 Å². The van der Waals surface area contributed by atoms with Crippen molar-refractivity contribution in [2.75, 3.05) is 20.2 Å². The van der Waals surface area contributed by atoms with Gasteiger partial charge in [-0.3, -0.25) is 0 Å². The third-order valence-electron chi connectivity index (χ3n) is 3.43. The number of nitrogens with one attached hydrogen (secondary N) is 1. The number of amides is 2. The van der Waals surface area contributed by atoms with Gasteiger partial charge in [0.15, 0.2) is 0 Å². The van der Waals surface area contributed by atoms with Gasteiger partial charge in [-0.1, -0.05) is 12.8 Å². The van der Waals surface area contributed by atoms with Crippen LogP contribution in [-0.2, 0) is 4.79 Å². The van der Waals surface area contributed by atoms with Gasteiger partial charge in [-0.25, -0.2) is 9.59 Å². The molecular weight excluding hydrogens is 252 g/mol. The van der Waals surface area contributed by atoms with Crippen LogP contribution in [0.25, 0.3) is 0 Å². The minimum absolute atomic E-state index is 0.0425. The molecule has 110 valence electrons. The summed E-state index contributed by atoms with van der Waals surface area (Å²) >= 11 is 0. The Hall–Kier alpha value is -1.34. The molecule has 0 unspecified atom stereocenters. The maximum Gasteiger partial charge on any atom is 0.326 e. The van der Waals surface area contributed by atoms with Crippen molar-refractivity contribution < 1.29 is 24.9 Å². The van der Waals surface area contributed by atoms with Crippen LogP contribution >= 0.6 is 0 Å². The molecule has 7 heteroatoms. The molecule has 0 aromatic carbocycles. The van der Waals surface area contributed by atoms with Gasteiger partial charge in [0.1, 0.15) is 6.04 Å². The topological polar surface area (TPSA) is 110 Å². The van der Waals surface area contributed by atoms with Crippen LogP contribution in [0.15, 0.2) is 0 Å². The fourth-order valence-corrected chi connectivity index (χ4v) is 2.35. The van der Waals surface area contributed by atoms with E-state index in [0.29, 0.717) is 12.8 Å². The lowest BCUT2D eigenvalue weighted by Crippen LogP contribution is -2.50. The van der Waals surface area contributed by atoms with Crippen LogP contribution in [0, 0.1) is 0 Å². The molecule has 0 aromatic heterocycles. The van der Waals surface area contributed by atoms with Crippen LogP contribution < -0.4 is 5.32 Å². The lowest BCUT2D eigenvalue weighted by molar-refractivity contribution is -0.139. The smallest absolute Gasteiger partial charge is 0.326 e. The Morgan fingerprint density at radius 3 is 2.42 bits per heavy atom. The SMILES string of the molecule is CN(CC1(O)CCCC1)C(=O)N[C@@H](CCO)C(=O)O. The number of rotatable bonds is 6. The molecule has 1 atom stereocenters. The molecule has 1 saturated carbocycles. The van der Waals surface area contributed by atoms with Gasteiger partial charge in [0.2, 0.25) is 0 Å². The van der Waals surface area contributed by atoms with Crippen LogP contribution in [0.5, 0.6) is 0 Å². The lowest BCUT2D eigenvalue weighted by atomic mass is 10.0. The molecule has 0 aromatic rings. The maximum absolute atomic E-state index is 11.8. The van der Waals surface area contributed by atoms with Gasteiger partial charge < -0.3 is 25.5 Å². The first-order chi connectivity index (χ1) is 8.88. The van der Waals surface area contributed by atoms with Gasteiger partial charge in [-0.05, 0) is 12.8 Å². The number of aliphatic hydroxyl groups is 2. The van der Waals surface area contributed by atoms with E-state index in [1.54, 1.807) is 0 Å². The fraction of sp³-hybridized carbons (Fsp3) is 0.833. The van der Waals surface area contributed by atoms with Crippen molar-refractivity contribution in [2.45, 2.75) is 43.7 Å². The number of carboxylic acids is 1. The van der Waals surface area contributed by atoms with Gasteiger partial charge in [0.05, 0.1) is 12.1 Å². The number of carbonyl (C=O) groups excluding carboxylic acids is 1. The molecule has 19 heavy (non-hydrogen) atoms. The van der Waals surface area contributed by atoms with Crippen molar-refractivity contribution in [3.8, 4) is 0 Å². The number of nitrogens with zero attached hydrogens (tertiary/aromatic N) is 1. The molecule has 2 amide bonds. The second-order valence-electron chi connectivity index (χ2n) is 5.14. The first-order valence-electron chi connectivity index (χ1n) is 6.45. The number of likely N-dealkylation sites (N-methyl/N-ethyl adjacent to an activating group) is 1. The largest absolute Gasteiger partial charge is 0.480 e. The third kappa shape index (κ3) is 4.68. The first kappa shape index (κ1) is 15.7. The average Bonchev–Trinajstić information content (AvgIpc) is 2.74. The summed E-state index contributed by atoms with van der Waals surface area (Å²) in [6.45, 7) is -0.130. The van der Waals surface area contributed by atoms with E-state index in [1.165, 1.54) is 11.9 Å². The Labute approximate surface area is 112 Å². The van der Waals surface area contributed by atoms with Gasteiger partial charge in [0, 0.05) is 20.1 Å². The molecule has 1 fully saturated rings. The molecule has 4 N–H and O–H groups in total. The Balaban J connectivity index is 2.49. The monoisotopic (exact) mass is 274 g/mol. The average molecular weight is 274 g/mol. The van der Waals surface area contributed by atoms with Gasteiger partial charge in [0.25, 0.3) is 0 Å². The third-order valence-corrected chi connectivity index (χ3v) is 3.43. The van der Waals surface area contributed by atoms with Crippen molar-refractivity contribution in [2.24, 2.45) is 0 Å². The van der Waals surface area contributed by atoms with Crippen LogP contribution in [0.4, 0.5) is 4.79 Å². The van der Waals surface area contributed by atoms with E-state index in [-0.39, 0.29) is 19.6 Å². The molecule has 0 saturated heterocycles. The second-order valence-corrected chi connectivity index (χ2v) is 5.14. The molecule has 1 aliphatic rings. The summed E-state index contributed by atoms with van der Waals surface area (Å²) in [7, 11) is 1.52. The van der Waals surface area contributed by atoms with E-state index in [1.807, 2.05) is 0 Å². The van der Waals surface area contributed by atoms with Crippen molar-refractivity contribution in [3.63, 3.8) is 0 Å². The summed E-state index contributed by atoms with van der Waals surface area (Å²) < 4.78 is 0. The Morgan fingerprint density at radius 1 is 1.37 bits per heavy atom. The number of carboxylic acid groups (broad SMARTS) is 1. The summed E-state index contributed by atoms with van der Waals surface area (Å²) in [6.07, 6.45) is 3.15. The molecule has 0 bridgehead atoms. The van der Waals surface area contributed by atoms with Gasteiger partial charge >= 0.3 is 12.0 Å². The highest BCUT2D eigenvalue weighted by Crippen LogP contribution is 2.29. The van der Waals surface area contributed by atoms with Crippen LogP contribution in [0.3, 0.4) is 0 Å². The maximum atomic E-state index is 11.8. The summed E-state index contributed by atoms with van der Waals surface area (Å²) in [4.78, 5) is 24.0. The summed E-state index contributed by atoms with van der Waals surface area (Å²) in [5.41, 5.74) is -0.859. The van der Waals surface area contributed by atoms with Crippen molar-refractivity contribution in [1.29, 1.82) is 0 Å².